The zero-order valence-electron chi connectivity index (χ0n) is 14.0. The molecule has 10 heteroatoms. The number of fused-ring (bicyclic) bond motifs is 1. The van der Waals surface area contributed by atoms with Gasteiger partial charge in [-0.05, 0) is 13.0 Å². The first-order chi connectivity index (χ1) is 12.3. The SMILES string of the molecule is CCN(C(C)=O)c1nc(CN2C(=O)c3ccc([N+](=O)[O-])cc3C2=O)cs1. The fourth-order valence-electron chi connectivity index (χ4n) is 2.68. The highest BCUT2D eigenvalue weighted by Crippen LogP contribution is 2.29. The van der Waals surface area contributed by atoms with E-state index in [1.807, 2.05) is 6.92 Å². The standard InChI is InChI=1S/C16H14N4O5S/c1-3-18(9(2)21)16-17-10(8-26-16)7-19-14(22)12-5-4-11(20(24)25)6-13(12)15(19)23/h4-6,8H,3,7H2,1-2H3. The van der Waals surface area contributed by atoms with Crippen molar-refractivity contribution >= 4 is 39.9 Å². The van der Waals surface area contributed by atoms with E-state index in [0.717, 1.165) is 11.0 Å². The number of nitrogens with zero attached hydrogens (tertiary/aromatic N) is 4. The van der Waals surface area contributed by atoms with Gasteiger partial charge in [0.25, 0.3) is 17.5 Å². The number of nitro benzene ring substituents is 1. The summed E-state index contributed by atoms with van der Waals surface area (Å²) in [5.74, 6) is -1.27. The minimum atomic E-state index is -0.617. The molecule has 0 bridgehead atoms. The number of hydrogen-bond donors (Lipinski definition) is 0. The topological polar surface area (TPSA) is 114 Å². The number of benzene rings is 1. The van der Waals surface area contributed by atoms with Crippen LogP contribution in [0.3, 0.4) is 0 Å². The highest BCUT2D eigenvalue weighted by Gasteiger charge is 2.37. The number of hydrogen-bond acceptors (Lipinski definition) is 7. The fourth-order valence-corrected chi connectivity index (χ4v) is 3.61. The van der Waals surface area contributed by atoms with Crippen molar-refractivity contribution in [2.75, 3.05) is 11.4 Å². The van der Waals surface area contributed by atoms with E-state index in [0.29, 0.717) is 17.4 Å². The molecule has 1 aliphatic rings. The van der Waals surface area contributed by atoms with Gasteiger partial charge in [0.2, 0.25) is 5.91 Å². The van der Waals surface area contributed by atoms with Crippen LogP contribution in [0, 0.1) is 10.1 Å². The molecular formula is C16H14N4O5S. The van der Waals surface area contributed by atoms with Gasteiger partial charge in [-0.2, -0.15) is 0 Å². The van der Waals surface area contributed by atoms with Crippen LogP contribution in [0.2, 0.25) is 0 Å². The Bertz CT molecular complexity index is 938. The minimum Gasteiger partial charge on any atom is -0.289 e. The first-order valence-corrected chi connectivity index (χ1v) is 8.58. The van der Waals surface area contributed by atoms with E-state index in [-0.39, 0.29) is 29.3 Å². The van der Waals surface area contributed by atoms with Gasteiger partial charge in [0.05, 0.1) is 28.3 Å². The molecule has 3 amide bonds. The van der Waals surface area contributed by atoms with Crippen molar-refractivity contribution in [3.63, 3.8) is 0 Å². The number of amides is 3. The Hall–Kier alpha value is -3.14. The summed E-state index contributed by atoms with van der Waals surface area (Å²) in [4.78, 5) is 53.6. The Kier molecular flexibility index (Phi) is 4.51. The van der Waals surface area contributed by atoms with Crippen molar-refractivity contribution in [1.29, 1.82) is 0 Å². The van der Waals surface area contributed by atoms with E-state index < -0.39 is 16.7 Å². The third-order valence-corrected chi connectivity index (χ3v) is 4.86. The summed E-state index contributed by atoms with van der Waals surface area (Å²) in [7, 11) is 0. The molecule has 0 saturated heterocycles. The second-order valence-corrected chi connectivity index (χ2v) is 6.40. The van der Waals surface area contributed by atoms with Gasteiger partial charge < -0.3 is 0 Å². The number of rotatable bonds is 5. The third-order valence-electron chi connectivity index (χ3n) is 3.95. The van der Waals surface area contributed by atoms with Crippen LogP contribution in [0.25, 0.3) is 0 Å². The smallest absolute Gasteiger partial charge is 0.270 e. The molecular weight excluding hydrogens is 360 g/mol. The average Bonchev–Trinajstić information content (AvgIpc) is 3.14. The molecule has 2 aromatic rings. The van der Waals surface area contributed by atoms with Crippen LogP contribution < -0.4 is 4.90 Å². The van der Waals surface area contributed by atoms with Crippen LogP contribution in [0.15, 0.2) is 23.6 Å². The molecule has 1 aromatic heterocycles. The molecule has 0 unspecified atom stereocenters. The Balaban J connectivity index is 1.84. The largest absolute Gasteiger partial charge is 0.289 e. The van der Waals surface area contributed by atoms with Crippen LogP contribution in [0.5, 0.6) is 0 Å². The molecule has 26 heavy (non-hydrogen) atoms. The van der Waals surface area contributed by atoms with Gasteiger partial charge in [-0.3, -0.25) is 34.3 Å². The van der Waals surface area contributed by atoms with Crippen molar-refractivity contribution in [3.8, 4) is 0 Å². The van der Waals surface area contributed by atoms with Crippen molar-refractivity contribution in [1.82, 2.24) is 9.88 Å². The summed E-state index contributed by atoms with van der Waals surface area (Å²) in [5.41, 5.74) is 0.366. The summed E-state index contributed by atoms with van der Waals surface area (Å²) >= 11 is 1.24. The van der Waals surface area contributed by atoms with Gasteiger partial charge in [-0.15, -0.1) is 11.3 Å². The maximum Gasteiger partial charge on any atom is 0.270 e. The third kappa shape index (κ3) is 2.94. The molecule has 3 rings (SSSR count). The number of aromatic nitrogens is 1. The highest BCUT2D eigenvalue weighted by molar-refractivity contribution is 7.14. The lowest BCUT2D eigenvalue weighted by Crippen LogP contribution is -2.30. The molecule has 0 N–H and O–H groups in total. The summed E-state index contributed by atoms with van der Waals surface area (Å²) in [5, 5.41) is 13.0. The molecule has 0 fully saturated rings. The molecule has 2 heterocycles. The van der Waals surface area contributed by atoms with Crippen molar-refractivity contribution in [2.24, 2.45) is 0 Å². The second-order valence-electron chi connectivity index (χ2n) is 5.57. The quantitative estimate of drug-likeness (QED) is 0.450. The summed E-state index contributed by atoms with van der Waals surface area (Å²) in [6.45, 7) is 3.65. The lowest BCUT2D eigenvalue weighted by Gasteiger charge is -2.15. The normalized spacial score (nSPS) is 13.1. The van der Waals surface area contributed by atoms with Gasteiger partial charge in [0.1, 0.15) is 0 Å². The molecule has 0 radical (unpaired) electrons. The zero-order valence-corrected chi connectivity index (χ0v) is 14.8. The number of thiazole rings is 1. The zero-order chi connectivity index (χ0) is 19.0. The monoisotopic (exact) mass is 374 g/mol. The van der Waals surface area contributed by atoms with Crippen molar-refractivity contribution in [2.45, 2.75) is 20.4 Å². The molecule has 1 aliphatic heterocycles. The van der Waals surface area contributed by atoms with E-state index >= 15 is 0 Å². The molecule has 0 spiro atoms. The van der Waals surface area contributed by atoms with Crippen molar-refractivity contribution < 1.29 is 19.3 Å². The maximum absolute atomic E-state index is 12.5. The maximum atomic E-state index is 12.5. The van der Waals surface area contributed by atoms with E-state index in [1.54, 1.807) is 5.38 Å². The van der Waals surface area contributed by atoms with E-state index in [4.69, 9.17) is 0 Å². The second kappa shape index (κ2) is 6.64. The van der Waals surface area contributed by atoms with E-state index in [2.05, 4.69) is 4.98 Å². The first kappa shape index (κ1) is 17.7. The van der Waals surface area contributed by atoms with Crippen LogP contribution in [0.4, 0.5) is 10.8 Å². The van der Waals surface area contributed by atoms with Gasteiger partial charge in [-0.25, -0.2) is 4.98 Å². The highest BCUT2D eigenvalue weighted by atomic mass is 32.1. The Morgan fingerprint density at radius 3 is 2.62 bits per heavy atom. The van der Waals surface area contributed by atoms with Crippen LogP contribution in [0.1, 0.15) is 40.3 Å². The predicted molar refractivity (Wildman–Crippen MR) is 93.1 cm³/mol. The summed E-state index contributed by atoms with van der Waals surface area (Å²) < 4.78 is 0. The van der Waals surface area contributed by atoms with Crippen LogP contribution >= 0.6 is 11.3 Å². The van der Waals surface area contributed by atoms with Gasteiger partial charge in [0, 0.05) is 31.0 Å². The first-order valence-electron chi connectivity index (χ1n) is 7.70. The number of imide groups is 1. The lowest BCUT2D eigenvalue weighted by molar-refractivity contribution is -0.384. The molecule has 9 nitrogen and oxygen atoms in total. The number of nitro groups is 1. The lowest BCUT2D eigenvalue weighted by atomic mass is 10.1. The number of carbonyl (C=O) groups is 3. The Labute approximate surface area is 152 Å². The molecule has 0 saturated carbocycles. The fraction of sp³-hybridized carbons (Fsp3) is 0.250. The Morgan fingerprint density at radius 1 is 1.31 bits per heavy atom. The minimum absolute atomic E-state index is 0.0126. The number of carbonyl (C=O) groups excluding carboxylic acids is 3. The molecule has 0 atom stereocenters. The molecule has 0 aliphatic carbocycles. The number of non-ortho nitro benzene ring substituents is 1. The van der Waals surface area contributed by atoms with Gasteiger partial charge >= 0.3 is 0 Å². The molecule has 134 valence electrons. The summed E-state index contributed by atoms with van der Waals surface area (Å²) in [6, 6.07) is 3.59. The van der Waals surface area contributed by atoms with E-state index in [1.165, 1.54) is 35.3 Å². The molecule has 1 aromatic carbocycles. The van der Waals surface area contributed by atoms with Crippen LogP contribution in [-0.4, -0.2) is 39.1 Å². The van der Waals surface area contributed by atoms with Gasteiger partial charge in [-0.1, -0.05) is 0 Å². The average molecular weight is 374 g/mol. The van der Waals surface area contributed by atoms with Gasteiger partial charge in [0.15, 0.2) is 5.13 Å². The number of anilines is 1. The Morgan fingerprint density at radius 2 is 2.00 bits per heavy atom. The van der Waals surface area contributed by atoms with E-state index in [9.17, 15) is 24.5 Å². The summed E-state index contributed by atoms with van der Waals surface area (Å²) in [6.07, 6.45) is 0. The predicted octanol–water partition coefficient (Wildman–Crippen LogP) is 2.22. The van der Waals surface area contributed by atoms with Crippen LogP contribution in [-0.2, 0) is 11.3 Å². The van der Waals surface area contributed by atoms with Crippen molar-refractivity contribution in [3.05, 3.63) is 50.5 Å².